The van der Waals surface area contributed by atoms with E-state index in [1.165, 1.54) is 18.9 Å². The number of carbonyl (C=O) groups is 3. The van der Waals surface area contributed by atoms with Crippen molar-refractivity contribution in [3.05, 3.63) is 0 Å². The van der Waals surface area contributed by atoms with Crippen LogP contribution in [0.25, 0.3) is 0 Å². The van der Waals surface area contributed by atoms with E-state index < -0.39 is 28.9 Å². The lowest BCUT2D eigenvalue weighted by Gasteiger charge is -2.21. The van der Waals surface area contributed by atoms with Gasteiger partial charge in [0.25, 0.3) is 0 Å². The molecule has 0 rings (SSSR count). The van der Waals surface area contributed by atoms with Gasteiger partial charge in [-0.2, -0.15) is 11.8 Å². The van der Waals surface area contributed by atoms with Gasteiger partial charge in [-0.3, -0.25) is 14.4 Å². The number of carbonyl (C=O) groups excluding carboxylic acids is 3. The maximum absolute atomic E-state index is 11.8. The number of aliphatic hydroxyl groups is 1. The van der Waals surface area contributed by atoms with E-state index in [4.69, 9.17) is 14.2 Å². The van der Waals surface area contributed by atoms with Crippen LogP contribution in [0.3, 0.4) is 0 Å². The second-order valence-corrected chi connectivity index (χ2v) is 8.46. The van der Waals surface area contributed by atoms with Crippen molar-refractivity contribution in [2.75, 3.05) is 31.8 Å². The van der Waals surface area contributed by atoms with Crippen LogP contribution in [0.1, 0.15) is 47.5 Å². The van der Waals surface area contributed by atoms with E-state index in [9.17, 15) is 19.5 Å². The van der Waals surface area contributed by atoms with Crippen molar-refractivity contribution >= 4 is 29.7 Å². The van der Waals surface area contributed by atoms with Gasteiger partial charge in [0.2, 0.25) is 0 Å². The van der Waals surface area contributed by atoms with Crippen LogP contribution in [0.2, 0.25) is 0 Å². The summed E-state index contributed by atoms with van der Waals surface area (Å²) in [5, 5.41) is 9.74. The predicted octanol–water partition coefficient (Wildman–Crippen LogP) is 2.19. The summed E-state index contributed by atoms with van der Waals surface area (Å²) in [5.74, 6) is -0.118. The molecule has 0 heterocycles. The van der Waals surface area contributed by atoms with E-state index in [0.29, 0.717) is 17.9 Å². The number of methoxy groups -OCH3 is 1. The van der Waals surface area contributed by atoms with Gasteiger partial charge in [0.15, 0.2) is 0 Å². The van der Waals surface area contributed by atoms with Crippen LogP contribution in [-0.2, 0) is 28.6 Å². The number of aliphatic hydroxyl groups excluding tert-OH is 1. The van der Waals surface area contributed by atoms with Gasteiger partial charge in [0.05, 0.1) is 24.4 Å². The van der Waals surface area contributed by atoms with Gasteiger partial charge in [0.1, 0.15) is 19.3 Å². The summed E-state index contributed by atoms with van der Waals surface area (Å²) in [5.41, 5.74) is -1.22. The van der Waals surface area contributed by atoms with Gasteiger partial charge in [0, 0.05) is 11.5 Å². The maximum atomic E-state index is 11.8. The Labute approximate surface area is 160 Å². The summed E-state index contributed by atoms with van der Waals surface area (Å²) in [7, 11) is 1.35. The Kier molecular flexibility index (Phi) is 10.9. The van der Waals surface area contributed by atoms with Gasteiger partial charge in [-0.15, -0.1) is 0 Å². The first-order valence-electron chi connectivity index (χ1n) is 8.63. The van der Waals surface area contributed by atoms with Gasteiger partial charge in [-0.25, -0.2) is 0 Å². The largest absolute Gasteiger partial charge is 0.469 e. The van der Waals surface area contributed by atoms with Gasteiger partial charge in [-0.05, 0) is 34.1 Å². The highest BCUT2D eigenvalue weighted by molar-refractivity contribution is 7.99. The zero-order valence-electron chi connectivity index (χ0n) is 16.6. The number of esters is 3. The summed E-state index contributed by atoms with van der Waals surface area (Å²) in [6.07, 6.45) is -0.264. The molecule has 1 unspecified atom stereocenters. The van der Waals surface area contributed by atoms with Crippen LogP contribution in [0.5, 0.6) is 0 Å². The van der Waals surface area contributed by atoms with Gasteiger partial charge < -0.3 is 19.3 Å². The second kappa shape index (κ2) is 11.4. The third-order valence-corrected chi connectivity index (χ3v) is 5.35. The first-order chi connectivity index (χ1) is 12.0. The van der Waals surface area contributed by atoms with Crippen molar-refractivity contribution in [2.24, 2.45) is 10.8 Å². The Morgan fingerprint density at radius 1 is 1.00 bits per heavy atom. The lowest BCUT2D eigenvalue weighted by Crippen LogP contribution is -2.31. The number of hydrogen-bond donors (Lipinski definition) is 1. The van der Waals surface area contributed by atoms with E-state index in [-0.39, 0.29) is 25.6 Å². The molecule has 0 aromatic heterocycles. The molecule has 0 aliphatic rings. The smallest absolute Gasteiger partial charge is 0.312 e. The quantitative estimate of drug-likeness (QED) is 0.307. The first-order valence-corrected chi connectivity index (χ1v) is 9.78. The van der Waals surface area contributed by atoms with Crippen molar-refractivity contribution in [1.29, 1.82) is 0 Å². The summed E-state index contributed by atoms with van der Waals surface area (Å²) in [6.45, 7) is 8.53. The molecule has 1 N–H and O–H groups in total. The third-order valence-electron chi connectivity index (χ3n) is 3.93. The number of thioether (sulfide) groups is 1. The van der Waals surface area contributed by atoms with Crippen molar-refractivity contribution in [2.45, 2.75) is 53.6 Å². The topological polar surface area (TPSA) is 99.1 Å². The van der Waals surface area contributed by atoms with E-state index >= 15 is 0 Å². The first kappa shape index (κ1) is 24.7. The van der Waals surface area contributed by atoms with Crippen LogP contribution in [0.4, 0.5) is 0 Å². The zero-order chi connectivity index (χ0) is 20.4. The molecule has 26 heavy (non-hydrogen) atoms. The molecular formula is C18H32O7S. The molecule has 7 nitrogen and oxygen atoms in total. The molecule has 0 aromatic rings. The molecule has 0 amide bonds. The SMILES string of the molecule is CCC(C)(C)C(=O)OCC(O)COC(=O)CCSCC(C)(C)C(=O)OC. The minimum atomic E-state index is -1.05. The Balaban J connectivity index is 3.95. The molecule has 0 saturated carbocycles. The molecule has 0 bridgehead atoms. The highest BCUT2D eigenvalue weighted by Gasteiger charge is 2.29. The van der Waals surface area contributed by atoms with Crippen LogP contribution < -0.4 is 0 Å². The summed E-state index contributed by atoms with van der Waals surface area (Å²) >= 11 is 1.45. The average molecular weight is 393 g/mol. The molecule has 1 atom stereocenters. The molecule has 0 radical (unpaired) electrons. The van der Waals surface area contributed by atoms with E-state index in [2.05, 4.69) is 0 Å². The normalized spacial score (nSPS) is 13.0. The summed E-state index contributed by atoms with van der Waals surface area (Å²) in [6, 6.07) is 0. The summed E-state index contributed by atoms with van der Waals surface area (Å²) in [4.78, 5) is 35.0. The fraction of sp³-hybridized carbons (Fsp3) is 0.833. The standard InChI is InChI=1S/C18H32O7S/c1-7-17(2,3)16(22)25-11-13(19)10-24-14(20)8-9-26-12-18(4,5)15(21)23-6/h13,19H,7-12H2,1-6H3. The molecule has 152 valence electrons. The van der Waals surface area contributed by atoms with Crippen molar-refractivity contribution in [3.63, 3.8) is 0 Å². The van der Waals surface area contributed by atoms with Crippen LogP contribution >= 0.6 is 11.8 Å². The fourth-order valence-electron chi connectivity index (χ4n) is 1.64. The average Bonchev–Trinajstić information content (AvgIpc) is 2.60. The van der Waals surface area contributed by atoms with Crippen molar-refractivity contribution in [1.82, 2.24) is 0 Å². The van der Waals surface area contributed by atoms with Crippen LogP contribution in [-0.4, -0.2) is 60.9 Å². The number of ether oxygens (including phenoxy) is 3. The molecule has 0 fully saturated rings. The predicted molar refractivity (Wildman–Crippen MR) is 99.7 cm³/mol. The molecule has 0 aliphatic carbocycles. The Morgan fingerprint density at radius 3 is 2.12 bits per heavy atom. The zero-order valence-corrected chi connectivity index (χ0v) is 17.4. The number of hydrogen-bond acceptors (Lipinski definition) is 8. The minimum absolute atomic E-state index is 0.164. The third kappa shape index (κ3) is 9.43. The van der Waals surface area contributed by atoms with Crippen molar-refractivity contribution < 1.29 is 33.7 Å². The molecule has 0 aromatic carbocycles. The Bertz CT molecular complexity index is 474. The fourth-order valence-corrected chi connectivity index (χ4v) is 2.72. The van der Waals surface area contributed by atoms with Crippen LogP contribution in [0.15, 0.2) is 0 Å². The van der Waals surface area contributed by atoms with Gasteiger partial charge in [-0.1, -0.05) is 6.92 Å². The molecule has 0 saturated heterocycles. The maximum Gasteiger partial charge on any atom is 0.312 e. The molecule has 8 heteroatoms. The molecule has 0 aliphatic heterocycles. The van der Waals surface area contributed by atoms with E-state index in [0.717, 1.165) is 0 Å². The minimum Gasteiger partial charge on any atom is -0.469 e. The highest BCUT2D eigenvalue weighted by Crippen LogP contribution is 2.24. The lowest BCUT2D eigenvalue weighted by atomic mass is 9.91. The Morgan fingerprint density at radius 2 is 1.58 bits per heavy atom. The molecule has 0 spiro atoms. The van der Waals surface area contributed by atoms with Gasteiger partial charge >= 0.3 is 17.9 Å². The van der Waals surface area contributed by atoms with Crippen LogP contribution in [0, 0.1) is 10.8 Å². The second-order valence-electron chi connectivity index (χ2n) is 7.35. The number of rotatable bonds is 12. The Hall–Kier alpha value is -1.28. The van der Waals surface area contributed by atoms with E-state index in [1.807, 2.05) is 6.92 Å². The summed E-state index contributed by atoms with van der Waals surface area (Å²) < 4.78 is 14.7. The molecular weight excluding hydrogens is 360 g/mol. The highest BCUT2D eigenvalue weighted by atomic mass is 32.2. The monoisotopic (exact) mass is 392 g/mol. The van der Waals surface area contributed by atoms with E-state index in [1.54, 1.807) is 27.7 Å². The van der Waals surface area contributed by atoms with Crippen molar-refractivity contribution in [3.8, 4) is 0 Å². The lowest BCUT2D eigenvalue weighted by molar-refractivity contribution is -0.159.